The minimum atomic E-state index is -0.861. The Morgan fingerprint density at radius 2 is 2.47 bits per heavy atom. The van der Waals surface area contributed by atoms with E-state index in [1.54, 1.807) is 0 Å². The minimum absolute atomic E-state index is 0.0868. The first-order valence-electron chi connectivity index (χ1n) is 4.99. The molecule has 1 atom stereocenters. The second kappa shape index (κ2) is 5.41. The Hall–Kier alpha value is -3.22. The normalized spacial score (nSPS) is 12.2. The average Bonchev–Trinajstić information content (AvgIpc) is 2.94. The topological polar surface area (TPSA) is 147 Å². The number of tetrazole rings is 1. The number of H-pyrrole nitrogens is 1. The number of pyridine rings is 1. The Bertz CT molecular complexity index is 644. The second-order valence-electron chi connectivity index (χ2n) is 3.26. The number of hydrogen-bond acceptors (Lipinski definition) is 8. The van der Waals surface area contributed by atoms with Gasteiger partial charge in [0.1, 0.15) is 5.92 Å². The third kappa shape index (κ3) is 2.72. The van der Waals surface area contributed by atoms with Gasteiger partial charge in [0.25, 0.3) is 0 Å². The van der Waals surface area contributed by atoms with Gasteiger partial charge >= 0.3 is 5.69 Å². The highest BCUT2D eigenvalue weighted by atomic mass is 16.6. The van der Waals surface area contributed by atoms with Crippen LogP contribution in [0.2, 0.25) is 0 Å². The molecule has 0 aromatic carbocycles. The van der Waals surface area contributed by atoms with Crippen molar-refractivity contribution in [1.29, 1.82) is 5.26 Å². The molecule has 0 saturated carbocycles. The van der Waals surface area contributed by atoms with Crippen molar-refractivity contribution in [3.05, 3.63) is 34.3 Å². The molecule has 2 rings (SSSR count). The Balaban J connectivity index is 2.28. The van der Waals surface area contributed by atoms with Gasteiger partial charge in [0.05, 0.1) is 11.0 Å². The van der Waals surface area contributed by atoms with E-state index in [0.29, 0.717) is 0 Å². The molecule has 2 heterocycles. The molecule has 0 bridgehead atoms. The van der Waals surface area contributed by atoms with Crippen molar-refractivity contribution in [1.82, 2.24) is 25.6 Å². The fraction of sp³-hybridized carbons (Fsp3) is 0.111. The third-order valence-electron chi connectivity index (χ3n) is 2.09. The highest BCUT2D eigenvalue weighted by molar-refractivity contribution is 5.74. The molecule has 94 valence electrons. The van der Waals surface area contributed by atoms with Crippen LogP contribution < -0.4 is 0 Å². The van der Waals surface area contributed by atoms with Crippen molar-refractivity contribution < 1.29 is 4.92 Å². The number of hydrogen-bond donors (Lipinski definition) is 1. The molecule has 0 aliphatic rings. The van der Waals surface area contributed by atoms with Crippen molar-refractivity contribution in [2.24, 2.45) is 4.99 Å². The standard InChI is InChI=1S/C9H6N8O2/c10-4-6(8-13-15-16-14-8)5-12-9-7(17(18)19)2-1-3-11-9/h1-3,5-6H,(H,13,14,15,16). The third-order valence-corrected chi connectivity index (χ3v) is 2.09. The van der Waals surface area contributed by atoms with Gasteiger partial charge in [-0.3, -0.25) is 10.1 Å². The second-order valence-corrected chi connectivity index (χ2v) is 3.26. The Morgan fingerprint density at radius 3 is 3.11 bits per heavy atom. The summed E-state index contributed by atoms with van der Waals surface area (Å²) in [6.45, 7) is 0. The predicted octanol–water partition coefficient (Wildman–Crippen LogP) is 0.513. The number of rotatable bonds is 4. The van der Waals surface area contributed by atoms with Gasteiger partial charge < -0.3 is 0 Å². The number of nitriles is 1. The van der Waals surface area contributed by atoms with Gasteiger partial charge in [-0.05, 0) is 6.07 Å². The molecule has 10 heteroatoms. The molecule has 0 amide bonds. The van der Waals surface area contributed by atoms with Crippen LogP contribution in [-0.4, -0.2) is 36.7 Å². The lowest BCUT2D eigenvalue weighted by atomic mass is 10.2. The predicted molar refractivity (Wildman–Crippen MR) is 61.6 cm³/mol. The number of aliphatic imine (C=N–C) groups is 1. The lowest BCUT2D eigenvalue weighted by Gasteiger charge is -1.97. The average molecular weight is 258 g/mol. The van der Waals surface area contributed by atoms with Crippen molar-refractivity contribution in [2.75, 3.05) is 0 Å². The van der Waals surface area contributed by atoms with Gasteiger partial charge in [-0.25, -0.2) is 9.98 Å². The van der Waals surface area contributed by atoms with E-state index in [0.717, 1.165) is 0 Å². The smallest absolute Gasteiger partial charge is 0.258 e. The highest BCUT2D eigenvalue weighted by Gasteiger charge is 2.16. The number of aromatic amines is 1. The Labute approximate surface area is 106 Å². The minimum Gasteiger partial charge on any atom is -0.258 e. The van der Waals surface area contributed by atoms with Crippen LogP contribution in [0.25, 0.3) is 0 Å². The zero-order valence-electron chi connectivity index (χ0n) is 9.33. The SMILES string of the molecule is N#CC(C=Nc1ncccc1[N+](=O)[O-])c1nn[nH]n1. The number of aromatic nitrogens is 5. The lowest BCUT2D eigenvalue weighted by molar-refractivity contribution is -0.384. The van der Waals surface area contributed by atoms with E-state index in [4.69, 9.17) is 5.26 Å². The molecular weight excluding hydrogens is 252 g/mol. The van der Waals surface area contributed by atoms with Crippen LogP contribution in [0, 0.1) is 21.4 Å². The summed E-state index contributed by atoms with van der Waals surface area (Å²) in [5.74, 6) is -0.818. The fourth-order valence-corrected chi connectivity index (χ4v) is 1.23. The first-order chi connectivity index (χ1) is 9.22. The maximum absolute atomic E-state index is 10.8. The summed E-state index contributed by atoms with van der Waals surface area (Å²) < 4.78 is 0. The molecule has 0 saturated heterocycles. The van der Waals surface area contributed by atoms with Crippen molar-refractivity contribution >= 4 is 17.7 Å². The highest BCUT2D eigenvalue weighted by Crippen LogP contribution is 2.23. The molecule has 0 aliphatic carbocycles. The molecule has 1 N–H and O–H groups in total. The van der Waals surface area contributed by atoms with Gasteiger partial charge in [0, 0.05) is 18.5 Å². The fourth-order valence-electron chi connectivity index (χ4n) is 1.23. The first kappa shape index (κ1) is 12.2. The van der Waals surface area contributed by atoms with Crippen molar-refractivity contribution in [2.45, 2.75) is 5.92 Å². The van der Waals surface area contributed by atoms with E-state index < -0.39 is 10.8 Å². The molecule has 19 heavy (non-hydrogen) atoms. The van der Waals surface area contributed by atoms with Crippen LogP contribution in [0.15, 0.2) is 23.3 Å². The van der Waals surface area contributed by atoms with Crippen molar-refractivity contribution in [3.63, 3.8) is 0 Å². The molecule has 1 unspecified atom stereocenters. The number of nitrogens with zero attached hydrogens (tertiary/aromatic N) is 7. The Morgan fingerprint density at radius 1 is 1.63 bits per heavy atom. The maximum atomic E-state index is 10.8. The van der Waals surface area contributed by atoms with E-state index >= 15 is 0 Å². The van der Waals surface area contributed by atoms with Gasteiger partial charge in [-0.1, -0.05) is 5.21 Å². The van der Waals surface area contributed by atoms with Crippen molar-refractivity contribution in [3.8, 4) is 6.07 Å². The van der Waals surface area contributed by atoms with E-state index in [1.807, 2.05) is 6.07 Å². The van der Waals surface area contributed by atoms with E-state index in [2.05, 4.69) is 30.6 Å². The molecule has 0 radical (unpaired) electrons. The van der Waals surface area contributed by atoms with E-state index in [-0.39, 0.29) is 17.3 Å². The van der Waals surface area contributed by atoms with Crippen LogP contribution in [0.5, 0.6) is 0 Å². The molecule has 2 aromatic heterocycles. The van der Waals surface area contributed by atoms with Gasteiger partial charge in [-0.2, -0.15) is 10.5 Å². The number of nitrogens with one attached hydrogen (secondary N) is 1. The van der Waals surface area contributed by atoms with E-state index in [9.17, 15) is 10.1 Å². The summed E-state index contributed by atoms with van der Waals surface area (Å²) >= 11 is 0. The summed E-state index contributed by atoms with van der Waals surface area (Å²) in [7, 11) is 0. The summed E-state index contributed by atoms with van der Waals surface area (Å²) in [6, 6.07) is 4.59. The van der Waals surface area contributed by atoms with Crippen LogP contribution in [0.3, 0.4) is 0 Å². The molecule has 0 aliphatic heterocycles. The molecule has 0 fully saturated rings. The quantitative estimate of drug-likeness (QED) is 0.477. The molecular formula is C9H6N8O2. The molecule has 0 spiro atoms. The first-order valence-corrected chi connectivity index (χ1v) is 4.99. The van der Waals surface area contributed by atoms with Crippen LogP contribution in [0.1, 0.15) is 11.7 Å². The van der Waals surface area contributed by atoms with Crippen LogP contribution >= 0.6 is 0 Å². The van der Waals surface area contributed by atoms with E-state index in [1.165, 1.54) is 24.5 Å². The van der Waals surface area contributed by atoms with Gasteiger partial charge in [0.2, 0.25) is 5.82 Å². The lowest BCUT2D eigenvalue weighted by Crippen LogP contribution is -2.00. The largest absolute Gasteiger partial charge is 0.313 e. The number of nitro groups is 1. The summed E-state index contributed by atoms with van der Waals surface area (Å²) in [6.07, 6.45) is 2.55. The zero-order chi connectivity index (χ0) is 13.7. The van der Waals surface area contributed by atoms with Gasteiger partial charge in [0.15, 0.2) is 5.82 Å². The van der Waals surface area contributed by atoms with Crippen LogP contribution in [0.4, 0.5) is 11.5 Å². The monoisotopic (exact) mass is 258 g/mol. The summed E-state index contributed by atoms with van der Waals surface area (Å²) in [5, 5.41) is 32.5. The molecule has 10 nitrogen and oxygen atoms in total. The Kier molecular flexibility index (Phi) is 3.48. The van der Waals surface area contributed by atoms with Crippen LogP contribution in [-0.2, 0) is 0 Å². The summed E-state index contributed by atoms with van der Waals surface area (Å²) in [5.41, 5.74) is -0.247. The summed E-state index contributed by atoms with van der Waals surface area (Å²) in [4.78, 5) is 17.8. The zero-order valence-corrected chi connectivity index (χ0v) is 9.33. The van der Waals surface area contributed by atoms with Gasteiger partial charge in [-0.15, -0.1) is 10.2 Å². The molecule has 2 aromatic rings. The maximum Gasteiger partial charge on any atom is 0.313 e.